The van der Waals surface area contributed by atoms with Crippen LogP contribution in [0.4, 0.5) is 4.79 Å². The van der Waals surface area contributed by atoms with Crippen molar-refractivity contribution in [3.05, 3.63) is 29.3 Å². The maximum Gasteiger partial charge on any atom is 0.495 e. The molecule has 30 heavy (non-hydrogen) atoms. The predicted octanol–water partition coefficient (Wildman–Crippen LogP) is 4.59. The molecule has 164 valence electrons. The second-order valence-corrected chi connectivity index (χ2v) is 11.2. The van der Waals surface area contributed by atoms with Gasteiger partial charge in [-0.3, -0.25) is 0 Å². The Morgan fingerprint density at radius 2 is 1.70 bits per heavy atom. The van der Waals surface area contributed by atoms with Gasteiger partial charge in [0.25, 0.3) is 0 Å². The van der Waals surface area contributed by atoms with Crippen molar-refractivity contribution in [3.63, 3.8) is 0 Å². The molecule has 1 amide bonds. The molecule has 5 nitrogen and oxygen atoms in total. The summed E-state index contributed by atoms with van der Waals surface area (Å²) in [6.07, 6.45) is 3.22. The first-order valence-corrected chi connectivity index (χ1v) is 11.3. The number of nitrogens with zero attached hydrogens (tertiary/aromatic N) is 1. The number of ether oxygens (including phenoxy) is 1. The lowest BCUT2D eigenvalue weighted by molar-refractivity contribution is 0.00578. The highest BCUT2D eigenvalue weighted by atomic mass is 16.7. The summed E-state index contributed by atoms with van der Waals surface area (Å²) in [5.41, 5.74) is 2.53. The third-order valence-corrected chi connectivity index (χ3v) is 6.95. The molecule has 4 rings (SSSR count). The van der Waals surface area contributed by atoms with Gasteiger partial charge in [-0.05, 0) is 90.2 Å². The monoisotopic (exact) mass is 413 g/mol. The van der Waals surface area contributed by atoms with Gasteiger partial charge in [0, 0.05) is 19.0 Å². The zero-order valence-corrected chi connectivity index (χ0v) is 19.6. The normalized spacial score (nSPS) is 25.6. The Hall–Kier alpha value is -1.53. The average molecular weight is 413 g/mol. The first-order valence-electron chi connectivity index (χ1n) is 11.3. The Morgan fingerprint density at radius 3 is 2.27 bits per heavy atom. The standard InChI is InChI=1S/C24H36BNO4/c1-22(2,3)28-21(27)26-13-12-18(15-26)19-11-10-17(16-8-9-16)14-20(19)25-29-23(4,5)24(6,7)30-25/h10-11,14,16,18H,8-9,12-13,15H2,1-7H3. The van der Waals surface area contributed by atoms with Gasteiger partial charge in [0.2, 0.25) is 0 Å². The van der Waals surface area contributed by atoms with Gasteiger partial charge >= 0.3 is 13.2 Å². The Labute approximate surface area is 181 Å². The van der Waals surface area contributed by atoms with Crippen LogP contribution in [0.15, 0.2) is 18.2 Å². The molecule has 1 aromatic rings. The summed E-state index contributed by atoms with van der Waals surface area (Å²) in [7, 11) is -0.376. The van der Waals surface area contributed by atoms with E-state index in [1.165, 1.54) is 24.0 Å². The fraction of sp³-hybridized carbons (Fsp3) is 0.708. The van der Waals surface area contributed by atoms with Crippen LogP contribution in [0.5, 0.6) is 0 Å². The van der Waals surface area contributed by atoms with Crippen molar-refractivity contribution in [2.75, 3.05) is 13.1 Å². The zero-order valence-electron chi connectivity index (χ0n) is 19.6. The van der Waals surface area contributed by atoms with Crippen LogP contribution in [0, 0.1) is 0 Å². The summed E-state index contributed by atoms with van der Waals surface area (Å²) in [6, 6.07) is 6.81. The van der Waals surface area contributed by atoms with E-state index in [0.717, 1.165) is 11.9 Å². The molecule has 0 aromatic heterocycles. The molecular weight excluding hydrogens is 377 g/mol. The summed E-state index contributed by atoms with van der Waals surface area (Å²) < 4.78 is 18.4. The number of hydrogen-bond donors (Lipinski definition) is 0. The van der Waals surface area contributed by atoms with Gasteiger partial charge in [0.15, 0.2) is 0 Å². The fourth-order valence-corrected chi connectivity index (χ4v) is 4.32. The van der Waals surface area contributed by atoms with Gasteiger partial charge in [-0.1, -0.05) is 18.2 Å². The first-order chi connectivity index (χ1) is 13.9. The van der Waals surface area contributed by atoms with E-state index in [9.17, 15) is 4.79 Å². The second kappa shape index (κ2) is 7.27. The second-order valence-electron chi connectivity index (χ2n) is 11.2. The third-order valence-electron chi connectivity index (χ3n) is 6.95. The van der Waals surface area contributed by atoms with Crippen LogP contribution in [0.25, 0.3) is 0 Å². The number of carbonyl (C=O) groups excluding carboxylic acids is 1. The van der Waals surface area contributed by atoms with Crippen molar-refractivity contribution in [3.8, 4) is 0 Å². The number of carbonyl (C=O) groups is 1. The molecule has 6 heteroatoms. The number of likely N-dealkylation sites (tertiary alicyclic amines) is 1. The van der Waals surface area contributed by atoms with Crippen LogP contribution in [-0.4, -0.2) is 48.0 Å². The lowest BCUT2D eigenvalue weighted by Gasteiger charge is -2.32. The van der Waals surface area contributed by atoms with Crippen LogP contribution in [-0.2, 0) is 14.0 Å². The molecular formula is C24H36BNO4. The molecule has 1 aliphatic carbocycles. The summed E-state index contributed by atoms with van der Waals surface area (Å²) in [4.78, 5) is 14.4. The first kappa shape index (κ1) is 21.7. The van der Waals surface area contributed by atoms with Crippen molar-refractivity contribution < 1.29 is 18.8 Å². The summed E-state index contributed by atoms with van der Waals surface area (Å²) in [5, 5.41) is 0. The highest BCUT2D eigenvalue weighted by molar-refractivity contribution is 6.62. The van der Waals surface area contributed by atoms with Crippen molar-refractivity contribution in [2.24, 2.45) is 0 Å². The van der Waals surface area contributed by atoms with Crippen molar-refractivity contribution in [1.29, 1.82) is 0 Å². The minimum absolute atomic E-state index is 0.225. The van der Waals surface area contributed by atoms with Gasteiger partial charge in [0.05, 0.1) is 11.2 Å². The van der Waals surface area contributed by atoms with Gasteiger partial charge in [-0.2, -0.15) is 0 Å². The molecule has 0 radical (unpaired) electrons. The fourth-order valence-electron chi connectivity index (χ4n) is 4.32. The largest absolute Gasteiger partial charge is 0.495 e. The molecule has 0 N–H and O–H groups in total. The quantitative estimate of drug-likeness (QED) is 0.681. The van der Waals surface area contributed by atoms with E-state index in [0.29, 0.717) is 19.0 Å². The molecule has 0 bridgehead atoms. The highest BCUT2D eigenvalue weighted by Gasteiger charge is 2.52. The molecule has 2 saturated heterocycles. The number of benzene rings is 1. The molecule has 1 saturated carbocycles. The third kappa shape index (κ3) is 4.26. The molecule has 1 unspecified atom stereocenters. The van der Waals surface area contributed by atoms with E-state index in [1.54, 1.807) is 0 Å². The minimum Gasteiger partial charge on any atom is -0.444 e. The van der Waals surface area contributed by atoms with Gasteiger partial charge in [-0.15, -0.1) is 0 Å². The predicted molar refractivity (Wildman–Crippen MR) is 119 cm³/mol. The van der Waals surface area contributed by atoms with E-state index < -0.39 is 5.60 Å². The minimum atomic E-state index is -0.477. The van der Waals surface area contributed by atoms with Crippen molar-refractivity contribution in [2.45, 2.75) is 96.4 Å². The van der Waals surface area contributed by atoms with Crippen LogP contribution in [0.2, 0.25) is 0 Å². The number of amides is 1. The molecule has 3 aliphatic rings. The van der Waals surface area contributed by atoms with E-state index >= 15 is 0 Å². The molecule has 3 fully saturated rings. The van der Waals surface area contributed by atoms with Gasteiger partial charge in [0.1, 0.15) is 5.60 Å². The molecule has 2 heterocycles. The molecule has 2 aliphatic heterocycles. The summed E-state index contributed by atoms with van der Waals surface area (Å²) >= 11 is 0. The van der Waals surface area contributed by atoms with Crippen LogP contribution >= 0.6 is 0 Å². The Bertz CT molecular complexity index is 809. The maximum absolute atomic E-state index is 12.6. The van der Waals surface area contributed by atoms with Gasteiger partial charge in [-0.25, -0.2) is 4.79 Å². The topological polar surface area (TPSA) is 48.0 Å². The summed E-state index contributed by atoms with van der Waals surface area (Å²) in [5.74, 6) is 0.932. The molecule has 1 aromatic carbocycles. The number of rotatable bonds is 3. The lowest BCUT2D eigenvalue weighted by atomic mass is 9.72. The van der Waals surface area contributed by atoms with Crippen LogP contribution in [0.3, 0.4) is 0 Å². The van der Waals surface area contributed by atoms with Crippen molar-refractivity contribution in [1.82, 2.24) is 4.90 Å². The van der Waals surface area contributed by atoms with E-state index in [2.05, 4.69) is 45.9 Å². The summed E-state index contributed by atoms with van der Waals surface area (Å²) in [6.45, 7) is 15.5. The zero-order chi connectivity index (χ0) is 21.9. The lowest BCUT2D eigenvalue weighted by Crippen LogP contribution is -2.41. The molecule has 0 spiro atoms. The highest BCUT2D eigenvalue weighted by Crippen LogP contribution is 2.42. The number of hydrogen-bond acceptors (Lipinski definition) is 4. The maximum atomic E-state index is 12.6. The average Bonchev–Trinajstić information content (AvgIpc) is 3.29. The van der Waals surface area contributed by atoms with Crippen molar-refractivity contribution >= 4 is 18.7 Å². The smallest absolute Gasteiger partial charge is 0.444 e. The van der Waals surface area contributed by atoms with E-state index in [1.807, 2.05) is 25.7 Å². The van der Waals surface area contributed by atoms with Gasteiger partial charge < -0.3 is 18.9 Å². The van der Waals surface area contributed by atoms with Crippen LogP contribution < -0.4 is 5.46 Å². The Balaban J connectivity index is 1.59. The SMILES string of the molecule is CC(C)(C)OC(=O)N1CCC(c2ccc(C3CC3)cc2B2OC(C)(C)C(C)(C)O2)C1. The van der Waals surface area contributed by atoms with E-state index in [4.69, 9.17) is 14.0 Å². The molecule has 1 atom stereocenters. The Morgan fingerprint density at radius 1 is 1.07 bits per heavy atom. The van der Waals surface area contributed by atoms with E-state index in [-0.39, 0.29) is 30.3 Å². The Kier molecular flexibility index (Phi) is 5.26. The van der Waals surface area contributed by atoms with Crippen LogP contribution in [0.1, 0.15) is 90.7 Å².